The number of H-pyrrole nitrogens is 1. The molecule has 0 aliphatic carbocycles. The number of ether oxygens (including phenoxy) is 1. The second-order valence-electron chi connectivity index (χ2n) is 6.24. The predicted molar refractivity (Wildman–Crippen MR) is 99.5 cm³/mol. The van der Waals surface area contributed by atoms with Crippen molar-refractivity contribution < 1.29 is 9.64 Å². The number of quaternary nitrogens is 1. The molecule has 1 aromatic carbocycles. The van der Waals surface area contributed by atoms with Gasteiger partial charge in [0.1, 0.15) is 25.7 Å². The zero-order valence-electron chi connectivity index (χ0n) is 14.3. The number of halogens is 1. The van der Waals surface area contributed by atoms with Gasteiger partial charge in [-0.05, 0) is 12.5 Å². The molecule has 6 nitrogen and oxygen atoms in total. The van der Waals surface area contributed by atoms with Gasteiger partial charge in [0.05, 0.1) is 6.61 Å². The van der Waals surface area contributed by atoms with E-state index in [1.165, 1.54) is 10.5 Å². The topological polar surface area (TPSA) is 64.3 Å². The van der Waals surface area contributed by atoms with Crippen molar-refractivity contribution in [2.75, 3.05) is 25.4 Å². The fourth-order valence-corrected chi connectivity index (χ4v) is 4.23. The van der Waals surface area contributed by atoms with Gasteiger partial charge in [-0.15, -0.1) is 5.10 Å². The number of morpholine rings is 1. The van der Waals surface area contributed by atoms with Crippen LogP contribution in [0.3, 0.4) is 0 Å². The number of rotatable bonds is 7. The summed E-state index contributed by atoms with van der Waals surface area (Å²) in [6.07, 6.45) is 1.06. The van der Waals surface area contributed by atoms with Gasteiger partial charge < -0.3 is 9.64 Å². The Balaban J connectivity index is 1.55. The van der Waals surface area contributed by atoms with E-state index in [2.05, 4.69) is 16.3 Å². The van der Waals surface area contributed by atoms with Crippen molar-refractivity contribution in [3.63, 3.8) is 0 Å². The van der Waals surface area contributed by atoms with Crippen molar-refractivity contribution in [1.29, 1.82) is 0 Å². The molecule has 1 aromatic heterocycles. The molecule has 1 fully saturated rings. The molecule has 0 spiro atoms. The molecule has 2 aromatic rings. The van der Waals surface area contributed by atoms with Crippen molar-refractivity contribution in [1.82, 2.24) is 14.8 Å². The van der Waals surface area contributed by atoms with Crippen molar-refractivity contribution >= 4 is 23.4 Å². The molecule has 3 rings (SSSR count). The molecule has 1 saturated heterocycles. The predicted octanol–water partition coefficient (Wildman–Crippen LogP) is 1.21. The summed E-state index contributed by atoms with van der Waals surface area (Å²) in [7, 11) is 0. The second kappa shape index (κ2) is 8.89. The van der Waals surface area contributed by atoms with Crippen LogP contribution >= 0.6 is 23.4 Å². The van der Waals surface area contributed by atoms with Gasteiger partial charge in [-0.25, -0.2) is 9.89 Å². The van der Waals surface area contributed by atoms with Crippen LogP contribution in [0, 0.1) is 0 Å². The number of hydrogen-bond acceptors (Lipinski definition) is 4. The van der Waals surface area contributed by atoms with E-state index in [0.29, 0.717) is 6.54 Å². The summed E-state index contributed by atoms with van der Waals surface area (Å²) in [5.74, 6) is 0.792. The fourth-order valence-electron chi connectivity index (χ4n) is 3.03. The summed E-state index contributed by atoms with van der Waals surface area (Å²) in [6.45, 7) is 6.30. The monoisotopic (exact) mass is 383 g/mol. The average Bonchev–Trinajstić information content (AvgIpc) is 2.96. The van der Waals surface area contributed by atoms with E-state index >= 15 is 0 Å². The average molecular weight is 384 g/mol. The van der Waals surface area contributed by atoms with Gasteiger partial charge in [0.15, 0.2) is 5.16 Å². The Morgan fingerprint density at radius 3 is 3.12 bits per heavy atom. The molecule has 8 heteroatoms. The van der Waals surface area contributed by atoms with Gasteiger partial charge >= 0.3 is 5.69 Å². The molecule has 1 unspecified atom stereocenters. The Bertz CT molecular complexity index is 748. The zero-order valence-corrected chi connectivity index (χ0v) is 15.9. The standard InChI is InChI=1S/C17H23ClN4O2S/c1-2-7-22-16(23)19-20-17(22)25-12-14-11-21(8-9-24-14)10-13-5-3-4-6-15(13)18/h3-6,14H,2,7-12H2,1H3,(H,19,23)/p+1/t14-/m0/s1. The molecule has 25 heavy (non-hydrogen) atoms. The van der Waals surface area contributed by atoms with E-state index in [9.17, 15) is 4.79 Å². The summed E-state index contributed by atoms with van der Waals surface area (Å²) in [4.78, 5) is 13.2. The van der Waals surface area contributed by atoms with Gasteiger partial charge in [-0.2, -0.15) is 0 Å². The van der Waals surface area contributed by atoms with E-state index < -0.39 is 0 Å². The van der Waals surface area contributed by atoms with Crippen LogP contribution in [0.15, 0.2) is 34.2 Å². The molecule has 1 aliphatic rings. The van der Waals surface area contributed by atoms with Crippen LogP contribution in [0.25, 0.3) is 0 Å². The summed E-state index contributed by atoms with van der Waals surface area (Å²) in [6, 6.07) is 8.01. The maximum atomic E-state index is 11.8. The summed E-state index contributed by atoms with van der Waals surface area (Å²) < 4.78 is 7.60. The molecule has 0 amide bonds. The number of aromatic amines is 1. The number of thioether (sulfide) groups is 1. The normalized spacial score (nSPS) is 20.7. The maximum absolute atomic E-state index is 11.8. The lowest BCUT2D eigenvalue weighted by Crippen LogP contribution is -3.13. The van der Waals surface area contributed by atoms with Crippen LogP contribution in [0.2, 0.25) is 5.02 Å². The van der Waals surface area contributed by atoms with Crippen LogP contribution in [-0.4, -0.2) is 46.3 Å². The fraction of sp³-hybridized carbons (Fsp3) is 0.529. The third-order valence-corrected chi connectivity index (χ3v) is 5.77. The lowest BCUT2D eigenvalue weighted by Gasteiger charge is -2.30. The molecule has 2 N–H and O–H groups in total. The SMILES string of the molecule is CCCn1c(SC[C@@H]2C[NH+](Cc3ccccc3Cl)CCO2)n[nH]c1=O. The van der Waals surface area contributed by atoms with Crippen molar-refractivity contribution in [2.24, 2.45) is 0 Å². The minimum absolute atomic E-state index is 0.139. The number of benzene rings is 1. The highest BCUT2D eigenvalue weighted by Crippen LogP contribution is 2.17. The van der Waals surface area contributed by atoms with E-state index in [1.807, 2.05) is 25.1 Å². The lowest BCUT2D eigenvalue weighted by molar-refractivity contribution is -0.924. The van der Waals surface area contributed by atoms with Crippen LogP contribution in [0.4, 0.5) is 0 Å². The van der Waals surface area contributed by atoms with Crippen molar-refractivity contribution in [3.8, 4) is 0 Å². The zero-order chi connectivity index (χ0) is 17.6. The smallest absolute Gasteiger partial charge is 0.343 e. The molecule has 0 bridgehead atoms. The van der Waals surface area contributed by atoms with Gasteiger partial charge in [0.25, 0.3) is 0 Å². The lowest BCUT2D eigenvalue weighted by atomic mass is 10.2. The first-order chi connectivity index (χ1) is 12.2. The second-order valence-corrected chi connectivity index (χ2v) is 7.63. The molecule has 0 saturated carbocycles. The first-order valence-electron chi connectivity index (χ1n) is 8.64. The minimum atomic E-state index is -0.139. The number of nitrogens with zero attached hydrogens (tertiary/aromatic N) is 2. The summed E-state index contributed by atoms with van der Waals surface area (Å²) in [5.41, 5.74) is 1.04. The first kappa shape index (κ1) is 18.5. The Morgan fingerprint density at radius 2 is 2.32 bits per heavy atom. The van der Waals surface area contributed by atoms with Gasteiger partial charge in [-0.3, -0.25) is 4.57 Å². The van der Waals surface area contributed by atoms with Gasteiger partial charge in [0, 0.05) is 22.9 Å². The number of hydrogen-bond donors (Lipinski definition) is 2. The highest BCUT2D eigenvalue weighted by molar-refractivity contribution is 7.99. The molecule has 136 valence electrons. The number of nitrogens with one attached hydrogen (secondary N) is 2. The highest BCUT2D eigenvalue weighted by Gasteiger charge is 2.25. The quantitative estimate of drug-likeness (QED) is 0.705. The Morgan fingerprint density at radius 1 is 1.48 bits per heavy atom. The first-order valence-corrected chi connectivity index (χ1v) is 10.00. The summed E-state index contributed by atoms with van der Waals surface area (Å²) in [5, 5.41) is 8.23. The molecular weight excluding hydrogens is 360 g/mol. The van der Waals surface area contributed by atoms with Crippen LogP contribution in [-0.2, 0) is 17.8 Å². The minimum Gasteiger partial charge on any atom is -0.366 e. The van der Waals surface area contributed by atoms with E-state index in [4.69, 9.17) is 16.3 Å². The molecule has 1 aliphatic heterocycles. The van der Waals surface area contributed by atoms with E-state index in [0.717, 1.165) is 48.6 Å². The third-order valence-electron chi connectivity index (χ3n) is 4.29. The molecular formula is C17H24ClN4O2S+. The third kappa shape index (κ3) is 4.88. The van der Waals surface area contributed by atoms with Crippen molar-refractivity contribution in [3.05, 3.63) is 45.3 Å². The molecule has 2 atom stereocenters. The van der Waals surface area contributed by atoms with Gasteiger partial charge in [-0.1, -0.05) is 48.5 Å². The Kier molecular flexibility index (Phi) is 6.58. The highest BCUT2D eigenvalue weighted by atomic mass is 35.5. The van der Waals surface area contributed by atoms with Crippen LogP contribution in [0.5, 0.6) is 0 Å². The number of aromatic nitrogens is 3. The van der Waals surface area contributed by atoms with Crippen LogP contribution in [0.1, 0.15) is 18.9 Å². The molecule has 2 heterocycles. The largest absolute Gasteiger partial charge is 0.366 e. The van der Waals surface area contributed by atoms with Crippen molar-refractivity contribution in [2.45, 2.75) is 37.7 Å². The molecule has 0 radical (unpaired) electrons. The Labute approximate surface area is 156 Å². The summed E-state index contributed by atoms with van der Waals surface area (Å²) >= 11 is 7.86. The Hall–Kier alpha value is -1.28. The van der Waals surface area contributed by atoms with Crippen LogP contribution < -0.4 is 10.6 Å². The van der Waals surface area contributed by atoms with E-state index in [-0.39, 0.29) is 11.8 Å². The van der Waals surface area contributed by atoms with E-state index in [1.54, 1.807) is 16.3 Å². The van der Waals surface area contributed by atoms with Gasteiger partial charge in [0.2, 0.25) is 0 Å². The maximum Gasteiger partial charge on any atom is 0.343 e.